The highest BCUT2D eigenvalue weighted by Crippen LogP contribution is 2.46. The quantitative estimate of drug-likeness (QED) is 0.446. The van der Waals surface area contributed by atoms with Gasteiger partial charge < -0.3 is 20.2 Å². The van der Waals surface area contributed by atoms with E-state index in [0.29, 0.717) is 5.76 Å². The Hall–Kier alpha value is -2.95. The number of phenolic OH excluding ortho intramolecular Hbond substituents is 1. The Morgan fingerprint density at radius 1 is 1.40 bits per heavy atom. The number of aromatic hydroxyl groups is 1. The van der Waals surface area contributed by atoms with Gasteiger partial charge in [-0.15, -0.1) is 0 Å². The second-order valence-electron chi connectivity index (χ2n) is 6.94. The number of aromatic nitrogens is 2. The molecule has 0 spiro atoms. The molecule has 0 radical (unpaired) electrons. The molecule has 3 heterocycles. The Morgan fingerprint density at radius 3 is 2.83 bits per heavy atom. The van der Waals surface area contributed by atoms with Crippen LogP contribution in [0.3, 0.4) is 0 Å². The molecule has 3 aromatic rings. The van der Waals surface area contributed by atoms with Crippen LogP contribution in [0, 0.1) is 6.92 Å². The van der Waals surface area contributed by atoms with Crippen LogP contribution in [0.4, 0.5) is 24.7 Å². The van der Waals surface area contributed by atoms with Crippen LogP contribution in [-0.2, 0) is 0 Å². The highest BCUT2D eigenvalue weighted by molar-refractivity contribution is 9.10. The standard InChI is InChI=1S/C19H16BrF3N4O3/c1-9-4-5-12(28)10(7-9)25-18(29)16-15(20)17-24-11(13-3-2-6-30-13)8-14(19(21,22)23)27(17)26-16/h2-7,11,14,24,28H,8H2,1H3,(H,25,29)/t11-,14+/m0/s1. The van der Waals surface area contributed by atoms with Gasteiger partial charge in [-0.1, -0.05) is 6.07 Å². The Kier molecular flexibility index (Phi) is 5.00. The van der Waals surface area contributed by atoms with Gasteiger partial charge in [-0.25, -0.2) is 4.68 Å². The van der Waals surface area contributed by atoms with Gasteiger partial charge in [0.05, 0.1) is 22.5 Å². The minimum Gasteiger partial charge on any atom is -0.506 e. The molecule has 0 fully saturated rings. The molecule has 158 valence electrons. The number of nitrogens with one attached hydrogen (secondary N) is 2. The summed E-state index contributed by atoms with van der Waals surface area (Å²) < 4.78 is 47.4. The van der Waals surface area contributed by atoms with E-state index >= 15 is 0 Å². The lowest BCUT2D eigenvalue weighted by molar-refractivity contribution is -0.174. The van der Waals surface area contributed by atoms with Crippen LogP contribution in [0.5, 0.6) is 5.75 Å². The lowest BCUT2D eigenvalue weighted by Crippen LogP contribution is -2.35. The number of carbonyl (C=O) groups is 1. The molecule has 4 rings (SSSR count). The number of phenols is 1. The van der Waals surface area contributed by atoms with Crippen molar-refractivity contribution in [2.24, 2.45) is 0 Å². The second-order valence-corrected chi connectivity index (χ2v) is 7.73. The first kappa shape index (κ1) is 20.3. The molecule has 30 heavy (non-hydrogen) atoms. The van der Waals surface area contributed by atoms with E-state index in [9.17, 15) is 23.1 Å². The number of amides is 1. The van der Waals surface area contributed by atoms with Crippen molar-refractivity contribution in [1.82, 2.24) is 9.78 Å². The molecule has 1 amide bonds. The van der Waals surface area contributed by atoms with Gasteiger partial charge in [-0.2, -0.15) is 18.3 Å². The number of alkyl halides is 3. The molecule has 0 saturated heterocycles. The van der Waals surface area contributed by atoms with E-state index in [1.165, 1.54) is 12.3 Å². The van der Waals surface area contributed by atoms with E-state index in [4.69, 9.17) is 4.42 Å². The zero-order valence-electron chi connectivity index (χ0n) is 15.5. The van der Waals surface area contributed by atoms with Gasteiger partial charge in [0.1, 0.15) is 17.3 Å². The molecule has 2 atom stereocenters. The van der Waals surface area contributed by atoms with Gasteiger partial charge in [0, 0.05) is 6.42 Å². The van der Waals surface area contributed by atoms with Crippen LogP contribution in [0.15, 0.2) is 45.5 Å². The predicted molar refractivity (Wildman–Crippen MR) is 106 cm³/mol. The number of benzene rings is 1. The SMILES string of the molecule is Cc1ccc(O)c(NC(=O)c2nn3c(c2Br)N[C@H](c2ccco2)C[C@@H]3C(F)(F)F)c1. The monoisotopic (exact) mass is 484 g/mol. The Bertz CT molecular complexity index is 1100. The number of rotatable bonds is 3. The van der Waals surface area contributed by atoms with E-state index < -0.39 is 24.2 Å². The number of halogens is 4. The molecule has 1 aromatic carbocycles. The van der Waals surface area contributed by atoms with Crippen LogP contribution in [0.25, 0.3) is 0 Å². The molecule has 11 heteroatoms. The molecular weight excluding hydrogens is 469 g/mol. The number of furan rings is 1. The van der Waals surface area contributed by atoms with Crippen LogP contribution >= 0.6 is 15.9 Å². The normalized spacial score (nSPS) is 18.6. The fraction of sp³-hybridized carbons (Fsp3) is 0.263. The third-order valence-electron chi connectivity index (χ3n) is 4.80. The predicted octanol–water partition coefficient (Wildman–Crippen LogP) is 5.17. The summed E-state index contributed by atoms with van der Waals surface area (Å²) in [5.41, 5.74) is 0.672. The molecule has 7 nitrogen and oxygen atoms in total. The highest BCUT2D eigenvalue weighted by Gasteiger charge is 2.48. The van der Waals surface area contributed by atoms with Gasteiger partial charge in [0.2, 0.25) is 0 Å². The number of aryl methyl sites for hydroxylation is 1. The van der Waals surface area contributed by atoms with Crippen molar-refractivity contribution in [2.45, 2.75) is 31.6 Å². The highest BCUT2D eigenvalue weighted by atomic mass is 79.9. The zero-order chi connectivity index (χ0) is 21.6. The van der Waals surface area contributed by atoms with Crippen LogP contribution in [0.2, 0.25) is 0 Å². The molecular formula is C19H16BrF3N4O3. The molecule has 0 unspecified atom stereocenters. The summed E-state index contributed by atoms with van der Waals surface area (Å²) in [7, 11) is 0. The van der Waals surface area contributed by atoms with Crippen molar-refractivity contribution < 1.29 is 27.5 Å². The van der Waals surface area contributed by atoms with Crippen molar-refractivity contribution >= 4 is 33.3 Å². The van der Waals surface area contributed by atoms with Gasteiger partial charge in [0.25, 0.3) is 5.91 Å². The van der Waals surface area contributed by atoms with Crippen LogP contribution < -0.4 is 10.6 Å². The smallest absolute Gasteiger partial charge is 0.410 e. The lowest BCUT2D eigenvalue weighted by atomic mass is 10.0. The largest absolute Gasteiger partial charge is 0.506 e. The van der Waals surface area contributed by atoms with Crippen molar-refractivity contribution in [3.05, 3.63) is 58.1 Å². The number of hydrogen-bond donors (Lipinski definition) is 3. The van der Waals surface area contributed by atoms with E-state index in [1.807, 2.05) is 0 Å². The minimum atomic E-state index is -4.59. The first-order valence-electron chi connectivity index (χ1n) is 8.90. The summed E-state index contributed by atoms with van der Waals surface area (Å²) in [6.07, 6.45) is -3.55. The summed E-state index contributed by atoms with van der Waals surface area (Å²) in [6.45, 7) is 1.77. The minimum absolute atomic E-state index is 0.0172. The summed E-state index contributed by atoms with van der Waals surface area (Å²) in [6, 6.07) is 5.09. The van der Waals surface area contributed by atoms with Crippen molar-refractivity contribution in [3.8, 4) is 5.75 Å². The third kappa shape index (κ3) is 3.64. The zero-order valence-corrected chi connectivity index (χ0v) is 17.1. The van der Waals surface area contributed by atoms with E-state index in [1.54, 1.807) is 31.2 Å². The van der Waals surface area contributed by atoms with Gasteiger partial charge in [0.15, 0.2) is 11.7 Å². The average Bonchev–Trinajstić information content (AvgIpc) is 3.32. The topological polar surface area (TPSA) is 92.3 Å². The number of fused-ring (bicyclic) bond motifs is 1. The Labute approximate surface area is 177 Å². The maximum absolute atomic E-state index is 13.8. The lowest BCUT2D eigenvalue weighted by Gasteiger charge is -2.32. The van der Waals surface area contributed by atoms with E-state index in [0.717, 1.165) is 10.2 Å². The number of hydrogen-bond acceptors (Lipinski definition) is 5. The second kappa shape index (κ2) is 7.38. The third-order valence-corrected chi connectivity index (χ3v) is 5.55. The fourth-order valence-electron chi connectivity index (χ4n) is 3.34. The first-order valence-corrected chi connectivity index (χ1v) is 9.70. The molecule has 0 aliphatic carbocycles. The number of anilines is 2. The molecule has 2 aromatic heterocycles. The maximum Gasteiger partial charge on any atom is 0.410 e. The van der Waals surface area contributed by atoms with E-state index in [2.05, 4.69) is 31.7 Å². The summed E-state index contributed by atoms with van der Waals surface area (Å²) in [4.78, 5) is 12.7. The van der Waals surface area contributed by atoms with Gasteiger partial charge in [-0.05, 0) is 52.7 Å². The average molecular weight is 485 g/mol. The molecule has 0 bridgehead atoms. The van der Waals surface area contributed by atoms with E-state index in [-0.39, 0.29) is 33.8 Å². The van der Waals surface area contributed by atoms with Gasteiger partial charge in [-0.3, -0.25) is 4.79 Å². The van der Waals surface area contributed by atoms with Crippen molar-refractivity contribution in [2.75, 3.05) is 10.6 Å². The van der Waals surface area contributed by atoms with Gasteiger partial charge >= 0.3 is 6.18 Å². The Balaban J connectivity index is 1.71. The summed E-state index contributed by atoms with van der Waals surface area (Å²) in [5.74, 6) is -0.567. The number of nitrogens with zero attached hydrogens (tertiary/aromatic N) is 2. The maximum atomic E-state index is 13.8. The molecule has 1 aliphatic heterocycles. The number of carbonyl (C=O) groups excluding carboxylic acids is 1. The van der Waals surface area contributed by atoms with Crippen molar-refractivity contribution in [1.29, 1.82) is 0 Å². The summed E-state index contributed by atoms with van der Waals surface area (Å²) >= 11 is 3.20. The van der Waals surface area contributed by atoms with Crippen LogP contribution in [0.1, 0.15) is 40.3 Å². The first-order chi connectivity index (χ1) is 14.1. The van der Waals surface area contributed by atoms with Crippen molar-refractivity contribution in [3.63, 3.8) is 0 Å². The molecule has 3 N–H and O–H groups in total. The summed E-state index contributed by atoms with van der Waals surface area (Å²) in [5, 5.41) is 19.3. The van der Waals surface area contributed by atoms with Crippen LogP contribution in [-0.4, -0.2) is 27.0 Å². The fourth-order valence-corrected chi connectivity index (χ4v) is 3.90. The Morgan fingerprint density at radius 2 is 2.17 bits per heavy atom. The molecule has 1 aliphatic rings. The molecule has 0 saturated carbocycles.